The summed E-state index contributed by atoms with van der Waals surface area (Å²) in [5, 5.41) is 14.0. The number of halogens is 1. The van der Waals surface area contributed by atoms with Gasteiger partial charge in [0.2, 0.25) is 0 Å². The molecule has 1 aromatic heterocycles. The van der Waals surface area contributed by atoms with Crippen molar-refractivity contribution in [2.45, 2.75) is 6.54 Å². The third kappa shape index (κ3) is 2.94. The van der Waals surface area contributed by atoms with Gasteiger partial charge in [-0.1, -0.05) is 17.7 Å². The lowest BCUT2D eigenvalue weighted by Gasteiger charge is -2.07. The predicted octanol–water partition coefficient (Wildman–Crippen LogP) is 1.89. The molecule has 0 aliphatic carbocycles. The molecule has 0 bridgehead atoms. The van der Waals surface area contributed by atoms with Gasteiger partial charge in [-0.25, -0.2) is 9.78 Å². The normalized spacial score (nSPS) is 10.3. The highest BCUT2D eigenvalue weighted by molar-refractivity contribution is 6.30. The minimum atomic E-state index is -0.478. The minimum Gasteiger partial charge on any atom is -0.383 e. The van der Waals surface area contributed by atoms with E-state index < -0.39 is 10.6 Å². The number of benzene rings is 1. The standard InChI is InChI=1S/C12H11ClN4O3/c1-14-10-3-2-8(4-11(10)17(19)20)6-16-7-9(13)5-15-12(16)18/h2-5,7,14H,6H2,1H3. The molecule has 0 aliphatic rings. The van der Waals surface area contributed by atoms with Crippen molar-refractivity contribution in [1.82, 2.24) is 9.55 Å². The van der Waals surface area contributed by atoms with Gasteiger partial charge in [0.05, 0.1) is 22.7 Å². The zero-order valence-electron chi connectivity index (χ0n) is 10.5. The van der Waals surface area contributed by atoms with Crippen LogP contribution in [0.2, 0.25) is 5.02 Å². The third-order valence-electron chi connectivity index (χ3n) is 2.70. The first-order valence-corrected chi connectivity index (χ1v) is 6.06. The van der Waals surface area contributed by atoms with Crippen molar-refractivity contribution in [1.29, 1.82) is 0 Å². The van der Waals surface area contributed by atoms with Crippen LogP contribution in [0.4, 0.5) is 11.4 Å². The van der Waals surface area contributed by atoms with Crippen LogP contribution in [-0.2, 0) is 6.54 Å². The van der Waals surface area contributed by atoms with Crippen LogP contribution in [0.3, 0.4) is 0 Å². The lowest BCUT2D eigenvalue weighted by Crippen LogP contribution is -2.22. The molecule has 1 N–H and O–H groups in total. The molecule has 0 spiro atoms. The molecule has 0 radical (unpaired) electrons. The third-order valence-corrected chi connectivity index (χ3v) is 2.90. The molecule has 1 heterocycles. The molecule has 7 nitrogen and oxygen atoms in total. The van der Waals surface area contributed by atoms with Gasteiger partial charge in [-0.3, -0.25) is 14.7 Å². The number of nitro benzene ring substituents is 1. The van der Waals surface area contributed by atoms with Gasteiger partial charge < -0.3 is 5.32 Å². The molecule has 0 saturated carbocycles. The fourth-order valence-electron chi connectivity index (χ4n) is 1.78. The highest BCUT2D eigenvalue weighted by atomic mass is 35.5. The van der Waals surface area contributed by atoms with Crippen molar-refractivity contribution in [3.63, 3.8) is 0 Å². The molecule has 8 heteroatoms. The first-order chi connectivity index (χ1) is 9.51. The Morgan fingerprint density at radius 1 is 1.50 bits per heavy atom. The summed E-state index contributed by atoms with van der Waals surface area (Å²) in [6.07, 6.45) is 2.70. The van der Waals surface area contributed by atoms with Gasteiger partial charge in [0.15, 0.2) is 0 Å². The number of nitro groups is 1. The van der Waals surface area contributed by atoms with Gasteiger partial charge in [-0.2, -0.15) is 0 Å². The summed E-state index contributed by atoms with van der Waals surface area (Å²) >= 11 is 5.77. The molecule has 2 aromatic rings. The molecule has 0 atom stereocenters. The molecular weight excluding hydrogens is 284 g/mol. The van der Waals surface area contributed by atoms with E-state index in [1.165, 1.54) is 23.0 Å². The fraction of sp³-hybridized carbons (Fsp3) is 0.167. The van der Waals surface area contributed by atoms with E-state index in [9.17, 15) is 14.9 Å². The second kappa shape index (κ2) is 5.70. The average molecular weight is 295 g/mol. The second-order valence-electron chi connectivity index (χ2n) is 4.04. The lowest BCUT2D eigenvalue weighted by molar-refractivity contribution is -0.384. The highest BCUT2D eigenvalue weighted by Gasteiger charge is 2.13. The SMILES string of the molecule is CNc1ccc(Cn2cc(Cl)cnc2=O)cc1[N+](=O)[O-]. The average Bonchev–Trinajstić information content (AvgIpc) is 2.42. The predicted molar refractivity (Wildman–Crippen MR) is 75.3 cm³/mol. The van der Waals surface area contributed by atoms with Crippen LogP contribution >= 0.6 is 11.6 Å². The van der Waals surface area contributed by atoms with E-state index in [4.69, 9.17) is 11.6 Å². The van der Waals surface area contributed by atoms with Crippen molar-refractivity contribution >= 4 is 23.0 Å². The van der Waals surface area contributed by atoms with Gasteiger partial charge in [0, 0.05) is 19.3 Å². The van der Waals surface area contributed by atoms with Gasteiger partial charge in [0.1, 0.15) is 5.69 Å². The maximum atomic E-state index is 11.6. The summed E-state index contributed by atoms with van der Waals surface area (Å²) in [5.74, 6) is 0. The summed E-state index contributed by atoms with van der Waals surface area (Å²) in [6.45, 7) is 0.164. The summed E-state index contributed by atoms with van der Waals surface area (Å²) in [6, 6.07) is 4.71. The highest BCUT2D eigenvalue weighted by Crippen LogP contribution is 2.25. The Morgan fingerprint density at radius 2 is 2.25 bits per heavy atom. The Bertz CT molecular complexity index is 714. The van der Waals surface area contributed by atoms with Crippen LogP contribution in [-0.4, -0.2) is 21.5 Å². The number of hydrogen-bond donors (Lipinski definition) is 1. The van der Waals surface area contributed by atoms with E-state index in [0.717, 1.165) is 0 Å². The summed E-state index contributed by atoms with van der Waals surface area (Å²) in [5.41, 5.74) is 0.514. The number of nitrogens with one attached hydrogen (secondary N) is 1. The van der Waals surface area contributed by atoms with E-state index in [1.807, 2.05) is 0 Å². The Kier molecular flexibility index (Phi) is 3.99. The maximum Gasteiger partial charge on any atom is 0.347 e. The number of anilines is 1. The summed E-state index contributed by atoms with van der Waals surface area (Å²) in [4.78, 5) is 25.7. The zero-order chi connectivity index (χ0) is 14.7. The molecule has 0 amide bonds. The van der Waals surface area contributed by atoms with Crippen LogP contribution < -0.4 is 11.0 Å². The van der Waals surface area contributed by atoms with Gasteiger partial charge in [0.25, 0.3) is 5.69 Å². The second-order valence-corrected chi connectivity index (χ2v) is 4.48. The molecule has 2 rings (SSSR count). The molecular formula is C12H11ClN4O3. The first kappa shape index (κ1) is 14.0. The Hall–Kier alpha value is -2.41. The molecule has 0 aliphatic heterocycles. The monoisotopic (exact) mass is 294 g/mol. The smallest absolute Gasteiger partial charge is 0.347 e. The van der Waals surface area contributed by atoms with Crippen LogP contribution in [0.1, 0.15) is 5.56 Å². The fourth-order valence-corrected chi connectivity index (χ4v) is 1.94. The maximum absolute atomic E-state index is 11.6. The summed E-state index contributed by atoms with van der Waals surface area (Å²) < 4.78 is 1.29. The molecule has 0 unspecified atom stereocenters. The van der Waals surface area contributed by atoms with E-state index in [1.54, 1.807) is 19.2 Å². The van der Waals surface area contributed by atoms with E-state index in [0.29, 0.717) is 16.3 Å². The molecule has 0 fully saturated rings. The van der Waals surface area contributed by atoms with Crippen molar-refractivity contribution in [2.24, 2.45) is 0 Å². The Balaban J connectivity index is 2.39. The first-order valence-electron chi connectivity index (χ1n) is 5.68. The molecule has 1 aromatic carbocycles. The van der Waals surface area contributed by atoms with Crippen molar-refractivity contribution < 1.29 is 4.92 Å². The topological polar surface area (TPSA) is 90.1 Å². The van der Waals surface area contributed by atoms with E-state index >= 15 is 0 Å². The van der Waals surface area contributed by atoms with Gasteiger partial charge >= 0.3 is 5.69 Å². The minimum absolute atomic E-state index is 0.0481. The summed E-state index contributed by atoms with van der Waals surface area (Å²) in [7, 11) is 1.60. The van der Waals surface area contributed by atoms with Gasteiger partial charge in [-0.05, 0) is 11.6 Å². The lowest BCUT2D eigenvalue weighted by atomic mass is 10.1. The largest absolute Gasteiger partial charge is 0.383 e. The molecule has 20 heavy (non-hydrogen) atoms. The number of hydrogen-bond acceptors (Lipinski definition) is 5. The van der Waals surface area contributed by atoms with Crippen LogP contribution in [0.5, 0.6) is 0 Å². The quantitative estimate of drug-likeness (QED) is 0.687. The van der Waals surface area contributed by atoms with Crippen molar-refractivity contribution in [3.05, 3.63) is 61.8 Å². The number of nitrogens with zero attached hydrogens (tertiary/aromatic N) is 3. The van der Waals surface area contributed by atoms with Crippen molar-refractivity contribution in [2.75, 3.05) is 12.4 Å². The number of aromatic nitrogens is 2. The Labute approximate surface area is 119 Å². The van der Waals surface area contributed by atoms with Crippen LogP contribution in [0.25, 0.3) is 0 Å². The molecule has 104 valence electrons. The van der Waals surface area contributed by atoms with Gasteiger partial charge in [-0.15, -0.1) is 0 Å². The zero-order valence-corrected chi connectivity index (χ0v) is 11.3. The van der Waals surface area contributed by atoms with Crippen molar-refractivity contribution in [3.8, 4) is 0 Å². The van der Waals surface area contributed by atoms with Crippen LogP contribution in [0.15, 0.2) is 35.4 Å². The number of rotatable bonds is 4. The molecule has 0 saturated heterocycles. The van der Waals surface area contributed by atoms with E-state index in [-0.39, 0.29) is 12.2 Å². The van der Waals surface area contributed by atoms with E-state index in [2.05, 4.69) is 10.3 Å². The van der Waals surface area contributed by atoms with Crippen LogP contribution in [0, 0.1) is 10.1 Å². The Morgan fingerprint density at radius 3 is 2.90 bits per heavy atom.